The molecular weight excluding hydrogens is 485 g/mol. The van der Waals surface area contributed by atoms with Gasteiger partial charge in [-0.3, -0.25) is 0 Å². The van der Waals surface area contributed by atoms with Crippen molar-refractivity contribution in [3.63, 3.8) is 0 Å². The van der Waals surface area contributed by atoms with Crippen LogP contribution in [0.1, 0.15) is 37.8 Å². The number of hydrogen-bond acceptors (Lipinski definition) is 6. The molecular formula is C29H34FN5OS. The van der Waals surface area contributed by atoms with E-state index in [4.69, 9.17) is 4.98 Å². The Hall–Kier alpha value is -3.52. The molecule has 3 heterocycles. The first kappa shape index (κ1) is 26.5. The number of hydrogen-bond donors (Lipinski definition) is 2. The van der Waals surface area contributed by atoms with Gasteiger partial charge in [0.15, 0.2) is 5.65 Å². The molecule has 5 rings (SSSR count). The van der Waals surface area contributed by atoms with Gasteiger partial charge in [-0.05, 0) is 61.1 Å². The zero-order chi connectivity index (χ0) is 26.4. The summed E-state index contributed by atoms with van der Waals surface area (Å²) in [7, 11) is 0. The number of phenols is 1. The van der Waals surface area contributed by atoms with E-state index in [0.29, 0.717) is 16.5 Å². The van der Waals surface area contributed by atoms with Crippen LogP contribution in [0.5, 0.6) is 5.75 Å². The Balaban J connectivity index is 0.00000156. The van der Waals surface area contributed by atoms with Gasteiger partial charge in [-0.25, -0.2) is 4.98 Å². The number of aromatic hydroxyl groups is 1. The Bertz CT molecular complexity index is 1350. The van der Waals surface area contributed by atoms with Gasteiger partial charge in [-0.15, -0.1) is 0 Å². The van der Waals surface area contributed by atoms with Crippen LogP contribution in [0.25, 0.3) is 22.6 Å². The maximum atomic E-state index is 13.5. The van der Waals surface area contributed by atoms with E-state index in [0.717, 1.165) is 66.4 Å². The predicted octanol–water partition coefficient (Wildman–Crippen LogP) is 7.21. The summed E-state index contributed by atoms with van der Waals surface area (Å²) in [4.78, 5) is 7.44. The number of nitrogens with zero attached hydrogens (tertiary/aromatic N) is 4. The smallest absolute Gasteiger partial charge is 0.174 e. The lowest BCUT2D eigenvalue weighted by molar-refractivity contribution is 0.263. The Morgan fingerprint density at radius 1 is 1.14 bits per heavy atom. The molecule has 0 aliphatic carbocycles. The molecule has 0 amide bonds. The second-order valence-electron chi connectivity index (χ2n) is 8.97. The Kier molecular flexibility index (Phi) is 8.71. The van der Waals surface area contributed by atoms with Crippen LogP contribution in [0.15, 0.2) is 72.3 Å². The monoisotopic (exact) mass is 519 g/mol. The Morgan fingerprint density at radius 2 is 1.84 bits per heavy atom. The molecule has 1 aliphatic rings. The number of piperidine rings is 1. The molecule has 0 atom stereocenters. The molecule has 1 saturated heterocycles. The first-order valence-corrected chi connectivity index (χ1v) is 13.5. The highest BCUT2D eigenvalue weighted by molar-refractivity contribution is 7.94. The van der Waals surface area contributed by atoms with Gasteiger partial charge in [0.25, 0.3) is 0 Å². The van der Waals surface area contributed by atoms with Crippen LogP contribution in [0.4, 0.5) is 9.70 Å². The predicted molar refractivity (Wildman–Crippen MR) is 151 cm³/mol. The summed E-state index contributed by atoms with van der Waals surface area (Å²) in [6, 6.07) is 17.3. The van der Waals surface area contributed by atoms with Crippen LogP contribution in [0, 0.1) is 12.8 Å². The third-order valence-electron chi connectivity index (χ3n) is 6.71. The number of aryl methyl sites for hydroxylation is 1. The normalized spacial score (nSPS) is 13.8. The highest BCUT2D eigenvalue weighted by atomic mass is 32.2. The molecule has 4 aromatic rings. The van der Waals surface area contributed by atoms with Crippen molar-refractivity contribution >= 4 is 29.3 Å². The molecule has 0 unspecified atom stereocenters. The molecule has 6 nitrogen and oxygen atoms in total. The molecule has 37 heavy (non-hydrogen) atoms. The van der Waals surface area contributed by atoms with Crippen molar-refractivity contribution in [2.45, 2.75) is 38.5 Å². The largest absolute Gasteiger partial charge is 0.508 e. The van der Waals surface area contributed by atoms with Gasteiger partial charge in [-0.2, -0.15) is 13.5 Å². The molecule has 2 N–H and O–H groups in total. The molecule has 194 valence electrons. The number of halogens is 1. The minimum Gasteiger partial charge on any atom is -0.508 e. The fourth-order valence-electron chi connectivity index (χ4n) is 4.61. The van der Waals surface area contributed by atoms with Crippen molar-refractivity contribution in [3.8, 4) is 17.0 Å². The van der Waals surface area contributed by atoms with E-state index < -0.39 is 0 Å². The second kappa shape index (κ2) is 12.1. The molecule has 0 radical (unpaired) electrons. The number of nitrogens with one attached hydrogen (secondary N) is 1. The van der Waals surface area contributed by atoms with Crippen molar-refractivity contribution < 1.29 is 8.99 Å². The Morgan fingerprint density at radius 3 is 2.51 bits per heavy atom. The summed E-state index contributed by atoms with van der Waals surface area (Å²) in [6.07, 6.45) is 3.59. The van der Waals surface area contributed by atoms with Crippen LogP contribution in [-0.4, -0.2) is 44.2 Å². The van der Waals surface area contributed by atoms with Crippen LogP contribution >= 0.6 is 12.1 Å². The highest BCUT2D eigenvalue weighted by Gasteiger charge is 2.22. The van der Waals surface area contributed by atoms with E-state index in [2.05, 4.69) is 34.9 Å². The quantitative estimate of drug-likeness (QED) is 0.269. The highest BCUT2D eigenvalue weighted by Crippen LogP contribution is 2.31. The number of aromatic nitrogens is 3. The van der Waals surface area contributed by atoms with Gasteiger partial charge in [0.1, 0.15) is 16.5 Å². The third kappa shape index (κ3) is 5.91. The van der Waals surface area contributed by atoms with Crippen LogP contribution in [0.3, 0.4) is 0 Å². The summed E-state index contributed by atoms with van der Waals surface area (Å²) in [6.45, 7) is 13.0. The number of likely N-dealkylation sites (tertiary alicyclic amines) is 1. The fraction of sp³-hybridized carbons (Fsp3) is 0.310. The number of benzene rings is 2. The number of fused-ring (bicyclic) bond motifs is 1. The minimum absolute atomic E-state index is 0.168. The maximum absolute atomic E-state index is 13.5. The summed E-state index contributed by atoms with van der Waals surface area (Å²) in [5, 5.41) is 17.5. The SMILES string of the molecule is C=C(c1ccc(O)cc1)N1CCC(CNc2cc(-c3ccccc3C)nc3c(SF)cnn23)CC1.CC. The van der Waals surface area contributed by atoms with Gasteiger partial charge in [0, 0.05) is 37.0 Å². The minimum atomic E-state index is 0.168. The molecule has 0 spiro atoms. The maximum Gasteiger partial charge on any atom is 0.174 e. The van der Waals surface area contributed by atoms with Crippen molar-refractivity contribution in [2.75, 3.05) is 25.0 Å². The zero-order valence-corrected chi connectivity index (χ0v) is 22.4. The summed E-state index contributed by atoms with van der Waals surface area (Å²) < 4.78 is 15.2. The van der Waals surface area contributed by atoms with E-state index in [1.165, 1.54) is 6.20 Å². The third-order valence-corrected chi connectivity index (χ3v) is 7.17. The summed E-state index contributed by atoms with van der Waals surface area (Å²) >= 11 is 0.168. The van der Waals surface area contributed by atoms with Crippen LogP contribution < -0.4 is 5.32 Å². The average Bonchev–Trinajstić information content (AvgIpc) is 3.37. The second-order valence-corrected chi connectivity index (χ2v) is 9.56. The number of phenolic OH excluding ortho intramolecular Hbond substituents is 1. The molecule has 2 aromatic carbocycles. The van der Waals surface area contributed by atoms with Crippen molar-refractivity contribution in [2.24, 2.45) is 5.92 Å². The summed E-state index contributed by atoms with van der Waals surface area (Å²) in [5.74, 6) is 1.57. The number of anilines is 1. The molecule has 1 aliphatic heterocycles. The van der Waals surface area contributed by atoms with E-state index in [1.807, 2.05) is 50.2 Å². The molecule has 2 aromatic heterocycles. The lowest BCUT2D eigenvalue weighted by atomic mass is 9.95. The first-order chi connectivity index (χ1) is 18.0. The van der Waals surface area contributed by atoms with Crippen molar-refractivity contribution in [1.29, 1.82) is 0 Å². The van der Waals surface area contributed by atoms with E-state index in [1.54, 1.807) is 16.6 Å². The van der Waals surface area contributed by atoms with Crippen molar-refractivity contribution in [1.82, 2.24) is 19.5 Å². The van der Waals surface area contributed by atoms with Gasteiger partial charge < -0.3 is 15.3 Å². The topological polar surface area (TPSA) is 65.7 Å². The van der Waals surface area contributed by atoms with E-state index in [9.17, 15) is 8.99 Å². The fourth-order valence-corrected chi connectivity index (χ4v) is 4.90. The lowest BCUT2D eigenvalue weighted by Crippen LogP contribution is -2.34. The van der Waals surface area contributed by atoms with E-state index in [-0.39, 0.29) is 17.9 Å². The number of rotatable bonds is 7. The van der Waals surface area contributed by atoms with Gasteiger partial charge in [0.2, 0.25) is 0 Å². The molecule has 0 bridgehead atoms. The Labute approximate surface area is 222 Å². The van der Waals surface area contributed by atoms with Gasteiger partial charge in [-0.1, -0.05) is 44.7 Å². The van der Waals surface area contributed by atoms with Crippen LogP contribution in [0.2, 0.25) is 0 Å². The first-order valence-electron chi connectivity index (χ1n) is 12.7. The average molecular weight is 520 g/mol. The van der Waals surface area contributed by atoms with E-state index >= 15 is 0 Å². The van der Waals surface area contributed by atoms with Gasteiger partial charge in [0.05, 0.1) is 24.0 Å². The van der Waals surface area contributed by atoms with Crippen LogP contribution in [-0.2, 0) is 0 Å². The standard InChI is InChI=1S/C27H28FN5OS.C2H6/c1-18-5-3-4-6-23(18)24-15-26(33-27(31-24)25(35-28)17-30-33)29-16-20-11-13-32(14-12-20)19(2)21-7-9-22(34)10-8-21;1-2/h3-10,15,17,20,29,34H,2,11-14,16H2,1H3;1-2H3. The molecule has 1 fully saturated rings. The van der Waals surface area contributed by atoms with Gasteiger partial charge >= 0.3 is 0 Å². The zero-order valence-electron chi connectivity index (χ0n) is 21.6. The summed E-state index contributed by atoms with van der Waals surface area (Å²) in [5.41, 5.74) is 5.47. The lowest BCUT2D eigenvalue weighted by Gasteiger charge is -2.35. The molecule has 0 saturated carbocycles. The van der Waals surface area contributed by atoms with Crippen molar-refractivity contribution in [3.05, 3.63) is 78.5 Å². The molecule has 8 heteroatoms.